The third-order valence-corrected chi connectivity index (χ3v) is 6.13. The molecular weight excluding hydrogens is 400 g/mol. The van der Waals surface area contributed by atoms with Crippen molar-refractivity contribution >= 4 is 22.7 Å². The summed E-state index contributed by atoms with van der Waals surface area (Å²) in [5, 5.41) is 4.10. The fraction of sp³-hybridized carbons (Fsp3) is 0.192. The highest BCUT2D eigenvalue weighted by Gasteiger charge is 2.31. The Bertz CT molecular complexity index is 1270. The van der Waals surface area contributed by atoms with Crippen molar-refractivity contribution < 1.29 is 9.59 Å². The molecule has 2 N–H and O–H groups in total. The number of rotatable bonds is 5. The molecule has 0 spiro atoms. The van der Waals surface area contributed by atoms with E-state index in [1.807, 2.05) is 47.5 Å². The molecule has 0 aliphatic carbocycles. The Balaban J connectivity index is 1.39. The predicted octanol–water partition coefficient (Wildman–Crippen LogP) is 3.66. The molecule has 5 rings (SSSR count). The maximum absolute atomic E-state index is 13.5. The summed E-state index contributed by atoms with van der Waals surface area (Å²) in [6, 6.07) is 19.5. The number of nitrogens with zero attached hydrogens (tertiary/aromatic N) is 2. The second kappa shape index (κ2) is 8.67. The number of aromatic amines is 1. The SMILES string of the molecule is O=C(NCC1c2ccccc2CCN1C(=O)Cc1cccc2cc[nH]c12)c1cccnc1. The molecule has 0 fully saturated rings. The molecule has 1 atom stereocenters. The van der Waals surface area contributed by atoms with Crippen molar-refractivity contribution in [1.82, 2.24) is 20.2 Å². The van der Waals surface area contributed by atoms with E-state index in [1.54, 1.807) is 24.5 Å². The van der Waals surface area contributed by atoms with Gasteiger partial charge in [0.1, 0.15) is 0 Å². The highest BCUT2D eigenvalue weighted by molar-refractivity contribution is 5.94. The molecule has 1 aliphatic heterocycles. The van der Waals surface area contributed by atoms with Gasteiger partial charge in [-0.15, -0.1) is 0 Å². The van der Waals surface area contributed by atoms with Crippen LogP contribution < -0.4 is 5.32 Å². The first-order valence-electron chi connectivity index (χ1n) is 10.8. The number of carbonyl (C=O) groups is 2. The summed E-state index contributed by atoms with van der Waals surface area (Å²) in [5.74, 6) is -0.132. The van der Waals surface area contributed by atoms with E-state index < -0.39 is 0 Å². The van der Waals surface area contributed by atoms with Crippen LogP contribution in [0.1, 0.15) is 33.1 Å². The van der Waals surface area contributed by atoms with Gasteiger partial charge in [0, 0.05) is 37.2 Å². The van der Waals surface area contributed by atoms with Crippen LogP contribution in [0.15, 0.2) is 79.3 Å². The summed E-state index contributed by atoms with van der Waals surface area (Å²) in [7, 11) is 0. The van der Waals surface area contributed by atoms with Gasteiger partial charge in [0.15, 0.2) is 0 Å². The Hall–Kier alpha value is -3.93. The Morgan fingerprint density at radius 2 is 1.97 bits per heavy atom. The lowest BCUT2D eigenvalue weighted by atomic mass is 9.91. The monoisotopic (exact) mass is 424 g/mol. The van der Waals surface area contributed by atoms with Crippen LogP contribution in [0.4, 0.5) is 0 Å². The molecule has 0 bridgehead atoms. The smallest absolute Gasteiger partial charge is 0.252 e. The predicted molar refractivity (Wildman–Crippen MR) is 123 cm³/mol. The standard InChI is InChI=1S/C26H24N4O2/c31-24(15-20-7-3-6-19-10-13-28-25(19)20)30-14-11-18-5-1-2-9-22(18)23(30)17-29-26(32)21-8-4-12-27-16-21/h1-10,12-13,16,23,28H,11,14-15,17H2,(H,29,32). The van der Waals surface area contributed by atoms with Crippen LogP contribution in [-0.4, -0.2) is 39.8 Å². The van der Waals surface area contributed by atoms with Crippen molar-refractivity contribution in [2.45, 2.75) is 18.9 Å². The normalized spacial score (nSPS) is 15.4. The van der Waals surface area contributed by atoms with Gasteiger partial charge in [0.2, 0.25) is 5.91 Å². The van der Waals surface area contributed by atoms with Crippen LogP contribution in [-0.2, 0) is 17.6 Å². The third-order valence-electron chi connectivity index (χ3n) is 6.13. The molecule has 6 heteroatoms. The number of carbonyl (C=O) groups excluding carboxylic acids is 2. The number of fused-ring (bicyclic) bond motifs is 2. The Morgan fingerprint density at radius 3 is 2.84 bits per heavy atom. The molecule has 6 nitrogen and oxygen atoms in total. The lowest BCUT2D eigenvalue weighted by Crippen LogP contribution is -2.45. The van der Waals surface area contributed by atoms with Crippen molar-refractivity contribution in [2.75, 3.05) is 13.1 Å². The van der Waals surface area contributed by atoms with E-state index >= 15 is 0 Å². The van der Waals surface area contributed by atoms with Gasteiger partial charge < -0.3 is 15.2 Å². The minimum atomic E-state index is -0.212. The number of benzene rings is 2. The number of amides is 2. The second-order valence-corrected chi connectivity index (χ2v) is 8.04. The van der Waals surface area contributed by atoms with Crippen molar-refractivity contribution in [2.24, 2.45) is 0 Å². The maximum Gasteiger partial charge on any atom is 0.252 e. The van der Waals surface area contributed by atoms with Gasteiger partial charge in [-0.1, -0.05) is 42.5 Å². The average molecular weight is 425 g/mol. The lowest BCUT2D eigenvalue weighted by Gasteiger charge is -2.37. The molecule has 4 aromatic rings. The van der Waals surface area contributed by atoms with E-state index in [0.717, 1.165) is 28.5 Å². The Kier molecular flexibility index (Phi) is 5.42. The molecule has 160 valence electrons. The molecule has 2 aromatic heterocycles. The maximum atomic E-state index is 13.5. The van der Waals surface area contributed by atoms with Crippen molar-refractivity contribution in [3.05, 3.63) is 102 Å². The van der Waals surface area contributed by atoms with Crippen LogP contribution >= 0.6 is 0 Å². The van der Waals surface area contributed by atoms with Gasteiger partial charge in [-0.05, 0) is 46.7 Å². The quantitative estimate of drug-likeness (QED) is 0.513. The van der Waals surface area contributed by atoms with Crippen LogP contribution in [0.2, 0.25) is 0 Å². The molecule has 2 aromatic carbocycles. The van der Waals surface area contributed by atoms with Crippen LogP contribution in [0.5, 0.6) is 0 Å². The number of hydrogen-bond donors (Lipinski definition) is 2. The number of nitrogens with one attached hydrogen (secondary N) is 2. The second-order valence-electron chi connectivity index (χ2n) is 8.04. The highest BCUT2D eigenvalue weighted by Crippen LogP contribution is 2.30. The topological polar surface area (TPSA) is 78.1 Å². The average Bonchev–Trinajstić information content (AvgIpc) is 3.33. The van der Waals surface area contributed by atoms with E-state index in [1.165, 1.54) is 5.56 Å². The summed E-state index contributed by atoms with van der Waals surface area (Å²) in [6.45, 7) is 0.979. The zero-order chi connectivity index (χ0) is 21.9. The number of pyridine rings is 1. The molecule has 32 heavy (non-hydrogen) atoms. The van der Waals surface area contributed by atoms with Gasteiger partial charge in [-0.2, -0.15) is 0 Å². The zero-order valence-corrected chi connectivity index (χ0v) is 17.6. The Morgan fingerprint density at radius 1 is 1.06 bits per heavy atom. The zero-order valence-electron chi connectivity index (χ0n) is 17.6. The molecule has 1 unspecified atom stereocenters. The van der Waals surface area contributed by atoms with E-state index in [-0.39, 0.29) is 17.9 Å². The summed E-state index contributed by atoms with van der Waals surface area (Å²) < 4.78 is 0. The minimum Gasteiger partial charge on any atom is -0.361 e. The summed E-state index contributed by atoms with van der Waals surface area (Å²) >= 11 is 0. The van der Waals surface area contributed by atoms with Crippen molar-refractivity contribution in [3.63, 3.8) is 0 Å². The first kappa shape index (κ1) is 20.0. The van der Waals surface area contributed by atoms with E-state index in [4.69, 9.17) is 0 Å². The molecule has 2 amide bonds. The molecule has 0 radical (unpaired) electrons. The first-order chi connectivity index (χ1) is 15.7. The van der Waals surface area contributed by atoms with E-state index in [9.17, 15) is 9.59 Å². The fourth-order valence-electron chi connectivity index (χ4n) is 4.52. The van der Waals surface area contributed by atoms with E-state index in [2.05, 4.69) is 27.4 Å². The van der Waals surface area contributed by atoms with Crippen LogP contribution in [0, 0.1) is 0 Å². The largest absolute Gasteiger partial charge is 0.361 e. The van der Waals surface area contributed by atoms with Crippen LogP contribution in [0.3, 0.4) is 0 Å². The summed E-state index contributed by atoms with van der Waals surface area (Å²) in [4.78, 5) is 35.3. The minimum absolute atomic E-state index is 0.0576. The fourth-order valence-corrected chi connectivity index (χ4v) is 4.52. The number of para-hydroxylation sites is 1. The van der Waals surface area contributed by atoms with E-state index in [0.29, 0.717) is 25.1 Å². The summed E-state index contributed by atoms with van der Waals surface area (Å²) in [6.07, 6.45) is 6.20. The molecular formula is C26H24N4O2. The third kappa shape index (κ3) is 3.87. The number of hydrogen-bond acceptors (Lipinski definition) is 3. The highest BCUT2D eigenvalue weighted by atomic mass is 16.2. The summed E-state index contributed by atoms with van der Waals surface area (Å²) in [5.41, 5.74) is 4.81. The van der Waals surface area contributed by atoms with Crippen molar-refractivity contribution in [1.29, 1.82) is 0 Å². The molecule has 1 aliphatic rings. The molecule has 0 saturated heterocycles. The lowest BCUT2D eigenvalue weighted by molar-refractivity contribution is -0.133. The molecule has 0 saturated carbocycles. The number of H-pyrrole nitrogens is 1. The Labute approximate surface area is 186 Å². The number of aromatic nitrogens is 2. The first-order valence-corrected chi connectivity index (χ1v) is 10.8. The van der Waals surface area contributed by atoms with Gasteiger partial charge in [0.25, 0.3) is 5.91 Å². The van der Waals surface area contributed by atoms with Gasteiger partial charge in [-0.3, -0.25) is 14.6 Å². The van der Waals surface area contributed by atoms with Gasteiger partial charge >= 0.3 is 0 Å². The molecule has 3 heterocycles. The van der Waals surface area contributed by atoms with Gasteiger partial charge in [-0.25, -0.2) is 0 Å². The van der Waals surface area contributed by atoms with Crippen LogP contribution in [0.25, 0.3) is 10.9 Å². The van der Waals surface area contributed by atoms with Gasteiger partial charge in [0.05, 0.1) is 18.0 Å². The van der Waals surface area contributed by atoms with Crippen molar-refractivity contribution in [3.8, 4) is 0 Å².